The van der Waals surface area contributed by atoms with Gasteiger partial charge in [-0.25, -0.2) is 4.98 Å². The van der Waals surface area contributed by atoms with Crippen LogP contribution >= 0.6 is 11.8 Å². The topological polar surface area (TPSA) is 74.8 Å². The molecule has 0 bridgehead atoms. The highest BCUT2D eigenvalue weighted by Gasteiger charge is 2.16. The molecule has 2 N–H and O–H groups in total. The van der Waals surface area contributed by atoms with Gasteiger partial charge in [-0.3, -0.25) is 9.59 Å². The Balaban J connectivity index is 2.06. The highest BCUT2D eigenvalue weighted by atomic mass is 32.2. The SMILES string of the molecule is Cc1cc(=O)[nH]c(SC(C)C(=O)Nc2ccccc2C)n1. The zero-order valence-corrected chi connectivity index (χ0v) is 13.0. The number of carbonyl (C=O) groups is 1. The molecule has 1 heterocycles. The fraction of sp³-hybridized carbons (Fsp3) is 0.267. The first-order chi connectivity index (χ1) is 9.95. The molecule has 2 aromatic rings. The second-order valence-corrected chi connectivity index (χ2v) is 6.09. The first kappa shape index (κ1) is 15.3. The lowest BCUT2D eigenvalue weighted by Crippen LogP contribution is -2.23. The second-order valence-electron chi connectivity index (χ2n) is 4.76. The second kappa shape index (κ2) is 6.58. The summed E-state index contributed by atoms with van der Waals surface area (Å²) in [5.41, 5.74) is 2.22. The zero-order chi connectivity index (χ0) is 15.4. The van der Waals surface area contributed by atoms with Crippen molar-refractivity contribution in [1.29, 1.82) is 0 Å². The third-order valence-corrected chi connectivity index (χ3v) is 3.89. The molecule has 1 aromatic carbocycles. The molecular weight excluding hydrogens is 286 g/mol. The first-order valence-electron chi connectivity index (χ1n) is 6.57. The summed E-state index contributed by atoms with van der Waals surface area (Å²) in [5, 5.41) is 2.97. The van der Waals surface area contributed by atoms with Gasteiger partial charge in [0.05, 0.1) is 5.25 Å². The average molecular weight is 303 g/mol. The van der Waals surface area contributed by atoms with Crippen molar-refractivity contribution >= 4 is 23.4 Å². The summed E-state index contributed by atoms with van der Waals surface area (Å²) >= 11 is 1.23. The summed E-state index contributed by atoms with van der Waals surface area (Å²) in [4.78, 5) is 30.4. The number of hydrogen-bond acceptors (Lipinski definition) is 4. The van der Waals surface area contributed by atoms with Gasteiger partial charge >= 0.3 is 0 Å². The van der Waals surface area contributed by atoms with Crippen molar-refractivity contribution in [2.24, 2.45) is 0 Å². The number of rotatable bonds is 4. The van der Waals surface area contributed by atoms with E-state index in [1.807, 2.05) is 31.2 Å². The maximum absolute atomic E-state index is 12.2. The molecule has 0 spiro atoms. The smallest absolute Gasteiger partial charge is 0.251 e. The number of nitrogens with zero attached hydrogens (tertiary/aromatic N) is 1. The minimum Gasteiger partial charge on any atom is -0.325 e. The Labute approximate surface area is 127 Å². The molecule has 0 radical (unpaired) electrons. The zero-order valence-electron chi connectivity index (χ0n) is 12.1. The number of para-hydroxylation sites is 1. The molecule has 0 saturated heterocycles. The normalized spacial score (nSPS) is 12.0. The highest BCUT2D eigenvalue weighted by Crippen LogP contribution is 2.21. The number of aromatic nitrogens is 2. The molecule has 1 amide bonds. The fourth-order valence-corrected chi connectivity index (χ4v) is 2.63. The van der Waals surface area contributed by atoms with Crippen LogP contribution in [0.1, 0.15) is 18.2 Å². The average Bonchev–Trinajstić information content (AvgIpc) is 2.40. The molecule has 0 fully saturated rings. The van der Waals surface area contributed by atoms with E-state index in [-0.39, 0.29) is 16.7 Å². The lowest BCUT2D eigenvalue weighted by molar-refractivity contribution is -0.115. The number of anilines is 1. The monoisotopic (exact) mass is 303 g/mol. The van der Waals surface area contributed by atoms with Gasteiger partial charge in [0.2, 0.25) is 5.91 Å². The summed E-state index contributed by atoms with van der Waals surface area (Å²) in [6, 6.07) is 9.01. The van der Waals surface area contributed by atoms with Gasteiger partial charge in [0, 0.05) is 17.4 Å². The Morgan fingerprint density at radius 2 is 2.05 bits per heavy atom. The largest absolute Gasteiger partial charge is 0.325 e. The number of H-pyrrole nitrogens is 1. The van der Waals surface area contributed by atoms with Crippen LogP contribution in [0.2, 0.25) is 0 Å². The highest BCUT2D eigenvalue weighted by molar-refractivity contribution is 8.00. The van der Waals surface area contributed by atoms with Gasteiger partial charge in [0.25, 0.3) is 5.56 Å². The van der Waals surface area contributed by atoms with E-state index < -0.39 is 0 Å². The standard InChI is InChI=1S/C15H17N3O2S/c1-9-6-4-5-7-12(9)17-14(20)11(3)21-15-16-10(2)8-13(19)18-15/h4-8,11H,1-3H3,(H,17,20)(H,16,18,19). The van der Waals surface area contributed by atoms with E-state index in [1.54, 1.807) is 13.8 Å². The maximum Gasteiger partial charge on any atom is 0.251 e. The summed E-state index contributed by atoms with van der Waals surface area (Å²) in [5.74, 6) is -0.126. The molecule has 6 heteroatoms. The number of aromatic amines is 1. The van der Waals surface area contributed by atoms with Crippen molar-refractivity contribution < 1.29 is 4.79 Å². The molecule has 1 atom stereocenters. The number of aryl methyl sites for hydroxylation is 2. The number of hydrogen-bond donors (Lipinski definition) is 2. The van der Waals surface area contributed by atoms with Crippen molar-refractivity contribution in [2.45, 2.75) is 31.2 Å². The number of carbonyl (C=O) groups excluding carboxylic acids is 1. The summed E-state index contributed by atoms with van der Waals surface area (Å²) in [6.07, 6.45) is 0. The molecule has 1 unspecified atom stereocenters. The minimum atomic E-state index is -0.366. The molecule has 0 aliphatic heterocycles. The molecule has 110 valence electrons. The van der Waals surface area contributed by atoms with Crippen LogP contribution in [0, 0.1) is 13.8 Å². The summed E-state index contributed by atoms with van der Waals surface area (Å²) in [6.45, 7) is 5.46. The van der Waals surface area contributed by atoms with Crippen LogP contribution in [-0.4, -0.2) is 21.1 Å². The molecule has 1 aromatic heterocycles. The van der Waals surface area contributed by atoms with Gasteiger partial charge in [-0.1, -0.05) is 30.0 Å². The lowest BCUT2D eigenvalue weighted by atomic mass is 10.2. The van der Waals surface area contributed by atoms with E-state index in [2.05, 4.69) is 15.3 Å². The van der Waals surface area contributed by atoms with Crippen molar-refractivity contribution in [3.05, 3.63) is 51.9 Å². The van der Waals surface area contributed by atoms with Crippen molar-refractivity contribution in [3.8, 4) is 0 Å². The van der Waals surface area contributed by atoms with E-state index in [4.69, 9.17) is 0 Å². The molecule has 0 aliphatic rings. The molecule has 21 heavy (non-hydrogen) atoms. The van der Waals surface area contributed by atoms with E-state index in [0.29, 0.717) is 10.9 Å². The van der Waals surface area contributed by atoms with E-state index in [1.165, 1.54) is 17.8 Å². The Hall–Kier alpha value is -2.08. The van der Waals surface area contributed by atoms with Crippen LogP contribution in [0.4, 0.5) is 5.69 Å². The molecular formula is C15H17N3O2S. The minimum absolute atomic E-state index is 0.126. The van der Waals surface area contributed by atoms with Crippen molar-refractivity contribution in [3.63, 3.8) is 0 Å². The van der Waals surface area contributed by atoms with Gasteiger partial charge in [-0.05, 0) is 32.4 Å². The lowest BCUT2D eigenvalue weighted by Gasteiger charge is -2.13. The Morgan fingerprint density at radius 3 is 2.71 bits per heavy atom. The van der Waals surface area contributed by atoms with Crippen LogP contribution in [-0.2, 0) is 4.79 Å². The number of thioether (sulfide) groups is 1. The van der Waals surface area contributed by atoms with Crippen molar-refractivity contribution in [1.82, 2.24) is 9.97 Å². The van der Waals surface area contributed by atoms with Gasteiger partial charge < -0.3 is 10.3 Å². The molecule has 5 nitrogen and oxygen atoms in total. The third-order valence-electron chi connectivity index (χ3n) is 2.91. The Morgan fingerprint density at radius 1 is 1.33 bits per heavy atom. The molecule has 0 aliphatic carbocycles. The van der Waals surface area contributed by atoms with Crippen molar-refractivity contribution in [2.75, 3.05) is 5.32 Å². The van der Waals surface area contributed by atoms with Crippen LogP contribution in [0.5, 0.6) is 0 Å². The number of nitrogens with one attached hydrogen (secondary N) is 2. The van der Waals surface area contributed by atoms with Gasteiger partial charge in [-0.2, -0.15) is 0 Å². The van der Waals surface area contributed by atoms with Crippen LogP contribution in [0.25, 0.3) is 0 Å². The maximum atomic E-state index is 12.2. The van der Waals surface area contributed by atoms with Crippen LogP contribution in [0.15, 0.2) is 40.3 Å². The van der Waals surface area contributed by atoms with E-state index in [0.717, 1.165) is 11.3 Å². The van der Waals surface area contributed by atoms with Gasteiger partial charge in [-0.15, -0.1) is 0 Å². The third kappa shape index (κ3) is 4.19. The summed E-state index contributed by atoms with van der Waals surface area (Å²) in [7, 11) is 0. The Bertz CT molecular complexity index is 712. The van der Waals surface area contributed by atoms with Gasteiger partial charge in [0.1, 0.15) is 0 Å². The Kier molecular flexibility index (Phi) is 4.80. The fourth-order valence-electron chi connectivity index (χ4n) is 1.78. The summed E-state index contributed by atoms with van der Waals surface area (Å²) < 4.78 is 0. The quantitative estimate of drug-likeness (QED) is 0.672. The van der Waals surface area contributed by atoms with Gasteiger partial charge in [0.15, 0.2) is 5.16 Å². The van der Waals surface area contributed by atoms with E-state index in [9.17, 15) is 9.59 Å². The molecule has 0 saturated carbocycles. The first-order valence-corrected chi connectivity index (χ1v) is 7.45. The van der Waals surface area contributed by atoms with Crippen LogP contribution < -0.4 is 10.9 Å². The predicted octanol–water partition coefficient (Wildman–Crippen LogP) is 2.51. The van der Waals surface area contributed by atoms with E-state index >= 15 is 0 Å². The number of benzene rings is 1. The molecule has 2 rings (SSSR count). The predicted molar refractivity (Wildman–Crippen MR) is 84.7 cm³/mol. The van der Waals surface area contributed by atoms with Crippen LogP contribution in [0.3, 0.4) is 0 Å². The number of amides is 1.